The third kappa shape index (κ3) is 6.12. The number of esters is 1. The summed E-state index contributed by atoms with van der Waals surface area (Å²) in [6, 6.07) is 4.70. The Kier molecular flexibility index (Phi) is 7.66. The fourth-order valence-corrected chi connectivity index (χ4v) is 5.65. The van der Waals surface area contributed by atoms with E-state index in [9.17, 15) is 9.59 Å². The second-order valence-electron chi connectivity index (χ2n) is 10.7. The number of fused-ring (bicyclic) bond motifs is 1. The van der Waals surface area contributed by atoms with Gasteiger partial charge in [0.1, 0.15) is 5.76 Å². The molecule has 3 rings (SSSR count). The monoisotopic (exact) mass is 479 g/mol. The number of hydrogen-bond donors (Lipinski definition) is 1. The first-order valence-corrected chi connectivity index (χ1v) is 12.7. The van der Waals surface area contributed by atoms with Crippen molar-refractivity contribution in [1.82, 2.24) is 5.32 Å². The number of hydrogen-bond acceptors (Lipinski definition) is 4. The summed E-state index contributed by atoms with van der Waals surface area (Å²) in [5, 5.41) is 3.19. The summed E-state index contributed by atoms with van der Waals surface area (Å²) < 4.78 is 5.21. The number of carbonyl (C=O) groups excluding carboxylic acids is 2. The Hall–Kier alpha value is -2.53. The average Bonchev–Trinajstić information content (AvgIpc) is 3.02. The van der Waals surface area contributed by atoms with Crippen LogP contribution in [0.25, 0.3) is 6.08 Å². The molecular weight excluding hydrogens is 442 g/mol. The standard InChI is InChI=1S/C29H37NO3S/c1-18-14-24-25(29(7,8)13-12-28(24,5)6)17-23(18)11-9-10-22(15-19(2)33-21(4)31)16-26-27(32)30-20(3)34-26/h9-11,14-15,17,26H,3,12-13,16H2,1-2,4-8H3,(H,30,32)/b11-9+,19-15+,22-10+. The van der Waals surface area contributed by atoms with E-state index in [1.165, 1.54) is 53.8 Å². The van der Waals surface area contributed by atoms with Crippen LogP contribution in [0.4, 0.5) is 0 Å². The molecular formula is C29H37NO3S. The van der Waals surface area contributed by atoms with Crippen LogP contribution in [0.3, 0.4) is 0 Å². The van der Waals surface area contributed by atoms with Gasteiger partial charge < -0.3 is 10.1 Å². The van der Waals surface area contributed by atoms with E-state index in [1.807, 2.05) is 18.2 Å². The van der Waals surface area contributed by atoms with Gasteiger partial charge in [-0.2, -0.15) is 0 Å². The van der Waals surface area contributed by atoms with Crippen LogP contribution in [0.15, 0.2) is 53.3 Å². The molecule has 0 spiro atoms. The van der Waals surface area contributed by atoms with Gasteiger partial charge in [-0.1, -0.05) is 76.4 Å². The number of rotatable bonds is 6. The second-order valence-corrected chi connectivity index (χ2v) is 12.0. The zero-order chi connectivity index (χ0) is 25.3. The van der Waals surface area contributed by atoms with Gasteiger partial charge in [-0.05, 0) is 77.8 Å². The molecule has 5 heteroatoms. The highest BCUT2D eigenvalue weighted by Gasteiger charge is 2.37. The van der Waals surface area contributed by atoms with Gasteiger partial charge in [0, 0.05) is 6.92 Å². The summed E-state index contributed by atoms with van der Waals surface area (Å²) >= 11 is 1.43. The first-order chi connectivity index (χ1) is 15.8. The van der Waals surface area contributed by atoms with Gasteiger partial charge in [-0.15, -0.1) is 0 Å². The highest BCUT2D eigenvalue weighted by Crippen LogP contribution is 2.46. The number of aryl methyl sites for hydroxylation is 1. The first-order valence-electron chi connectivity index (χ1n) is 11.8. The van der Waals surface area contributed by atoms with E-state index in [-0.39, 0.29) is 28.0 Å². The largest absolute Gasteiger partial charge is 0.432 e. The van der Waals surface area contributed by atoms with Crippen LogP contribution in [0.1, 0.15) is 83.1 Å². The minimum absolute atomic E-state index is 0.0428. The minimum Gasteiger partial charge on any atom is -0.432 e. The maximum atomic E-state index is 12.2. The fraction of sp³-hybridized carbons (Fsp3) is 0.448. The molecule has 1 aliphatic heterocycles. The molecule has 1 aromatic carbocycles. The van der Waals surface area contributed by atoms with Gasteiger partial charge in [0.25, 0.3) is 0 Å². The van der Waals surface area contributed by atoms with Gasteiger partial charge in [0.05, 0.1) is 10.3 Å². The summed E-state index contributed by atoms with van der Waals surface area (Å²) in [6.07, 6.45) is 10.9. The zero-order valence-electron chi connectivity index (χ0n) is 21.5. The summed E-state index contributed by atoms with van der Waals surface area (Å²) in [5.74, 6) is 0.0994. The summed E-state index contributed by atoms with van der Waals surface area (Å²) in [4.78, 5) is 23.6. The molecule has 2 aliphatic rings. The lowest BCUT2D eigenvalue weighted by Crippen LogP contribution is -2.34. The quantitative estimate of drug-likeness (QED) is 0.276. The predicted molar refractivity (Wildman–Crippen MR) is 142 cm³/mol. The lowest BCUT2D eigenvalue weighted by Gasteiger charge is -2.42. The molecule has 0 saturated carbocycles. The lowest BCUT2D eigenvalue weighted by molar-refractivity contribution is -0.136. The van der Waals surface area contributed by atoms with Crippen molar-refractivity contribution in [2.75, 3.05) is 0 Å². The Morgan fingerprint density at radius 1 is 1.18 bits per heavy atom. The van der Waals surface area contributed by atoms with Crippen molar-refractivity contribution in [2.24, 2.45) is 0 Å². The molecule has 1 N–H and O–H groups in total. The smallest absolute Gasteiger partial charge is 0.307 e. The number of thioether (sulfide) groups is 1. The Morgan fingerprint density at radius 3 is 2.35 bits per heavy atom. The maximum absolute atomic E-state index is 12.2. The highest BCUT2D eigenvalue weighted by molar-refractivity contribution is 8.04. The fourth-order valence-electron chi connectivity index (χ4n) is 4.71. The van der Waals surface area contributed by atoms with Gasteiger partial charge in [-0.3, -0.25) is 9.59 Å². The van der Waals surface area contributed by atoms with E-state index in [0.717, 1.165) is 5.57 Å². The van der Waals surface area contributed by atoms with E-state index in [2.05, 4.69) is 64.7 Å². The highest BCUT2D eigenvalue weighted by atomic mass is 32.2. The number of carbonyl (C=O) groups is 2. The van der Waals surface area contributed by atoms with E-state index >= 15 is 0 Å². The normalized spacial score (nSPS) is 22.0. The van der Waals surface area contributed by atoms with E-state index in [0.29, 0.717) is 17.2 Å². The van der Waals surface area contributed by atoms with E-state index in [4.69, 9.17) is 4.74 Å². The molecule has 1 atom stereocenters. The van der Waals surface area contributed by atoms with Crippen LogP contribution in [-0.4, -0.2) is 17.1 Å². The maximum Gasteiger partial charge on any atom is 0.307 e. The summed E-state index contributed by atoms with van der Waals surface area (Å²) in [7, 11) is 0. The number of nitrogens with one attached hydrogen (secondary N) is 1. The van der Waals surface area contributed by atoms with Crippen LogP contribution >= 0.6 is 11.8 Å². The van der Waals surface area contributed by atoms with Gasteiger partial charge >= 0.3 is 5.97 Å². The molecule has 0 radical (unpaired) electrons. The first kappa shape index (κ1) is 26.1. The molecule has 0 bridgehead atoms. The lowest BCUT2D eigenvalue weighted by atomic mass is 9.62. The molecule has 1 fully saturated rings. The Labute approximate surface area is 208 Å². The Morgan fingerprint density at radius 2 is 1.79 bits per heavy atom. The van der Waals surface area contributed by atoms with Gasteiger partial charge in [0.15, 0.2) is 0 Å². The average molecular weight is 480 g/mol. The molecule has 1 heterocycles. The molecule has 1 aromatic rings. The third-order valence-corrected chi connectivity index (χ3v) is 7.83. The number of amides is 1. The number of benzene rings is 1. The molecule has 0 aromatic heterocycles. The van der Waals surface area contributed by atoms with Crippen molar-refractivity contribution in [3.63, 3.8) is 0 Å². The zero-order valence-corrected chi connectivity index (χ0v) is 22.3. The van der Waals surface area contributed by atoms with E-state index < -0.39 is 0 Å². The van der Waals surface area contributed by atoms with E-state index in [1.54, 1.807) is 6.92 Å². The van der Waals surface area contributed by atoms with Crippen molar-refractivity contribution in [3.05, 3.63) is 75.6 Å². The SMILES string of the molecule is C=C1NC(=O)C(CC(=C/C=C/c2cc3c(cc2C)C(C)(C)CCC3(C)C)/C=C(\C)OC(C)=O)S1. The van der Waals surface area contributed by atoms with Crippen LogP contribution in [0, 0.1) is 6.92 Å². The van der Waals surface area contributed by atoms with Crippen LogP contribution in [-0.2, 0) is 25.2 Å². The second kappa shape index (κ2) is 9.99. The minimum atomic E-state index is -0.361. The van der Waals surface area contributed by atoms with Gasteiger partial charge in [-0.25, -0.2) is 0 Å². The molecule has 1 unspecified atom stereocenters. The van der Waals surface area contributed by atoms with Crippen LogP contribution in [0.5, 0.6) is 0 Å². The summed E-state index contributed by atoms with van der Waals surface area (Å²) in [6.45, 7) is 18.5. The van der Waals surface area contributed by atoms with Crippen molar-refractivity contribution in [2.45, 2.75) is 83.8 Å². The number of allylic oxidation sites excluding steroid dienone is 5. The van der Waals surface area contributed by atoms with Crippen molar-refractivity contribution in [1.29, 1.82) is 0 Å². The predicted octanol–water partition coefficient (Wildman–Crippen LogP) is 6.84. The Bertz CT molecular complexity index is 1100. The topological polar surface area (TPSA) is 55.4 Å². The molecule has 1 saturated heterocycles. The van der Waals surface area contributed by atoms with Crippen molar-refractivity contribution in [3.8, 4) is 0 Å². The van der Waals surface area contributed by atoms with Gasteiger partial charge in [0.2, 0.25) is 5.91 Å². The number of ether oxygens (including phenoxy) is 1. The van der Waals surface area contributed by atoms with Crippen LogP contribution < -0.4 is 5.32 Å². The molecule has 1 aliphatic carbocycles. The van der Waals surface area contributed by atoms with Crippen LogP contribution in [0.2, 0.25) is 0 Å². The molecule has 1 amide bonds. The Balaban J connectivity index is 1.93. The molecule has 34 heavy (non-hydrogen) atoms. The summed E-state index contributed by atoms with van der Waals surface area (Å²) in [5.41, 5.74) is 6.59. The third-order valence-electron chi connectivity index (χ3n) is 6.78. The molecule has 182 valence electrons. The van der Waals surface area contributed by atoms with Crippen molar-refractivity contribution < 1.29 is 14.3 Å². The van der Waals surface area contributed by atoms with Crippen molar-refractivity contribution >= 4 is 29.7 Å². The molecule has 4 nitrogen and oxygen atoms in total.